The number of anilines is 2. The molecule has 1 aliphatic rings. The monoisotopic (exact) mass is 526 g/mol. The van der Waals surface area contributed by atoms with Gasteiger partial charge in [0.2, 0.25) is 5.95 Å². The van der Waals surface area contributed by atoms with Crippen molar-refractivity contribution in [2.45, 2.75) is 33.4 Å². The molecule has 0 spiro atoms. The number of ether oxygens (including phenoxy) is 3. The topological polar surface area (TPSA) is 112 Å². The van der Waals surface area contributed by atoms with E-state index in [-0.39, 0.29) is 5.91 Å². The van der Waals surface area contributed by atoms with Crippen LogP contribution in [0.25, 0.3) is 0 Å². The Balaban J connectivity index is 1.50. The third kappa shape index (κ3) is 5.40. The molecule has 10 nitrogen and oxygen atoms in total. The molecule has 1 aromatic heterocycles. The second-order valence-electron chi connectivity index (χ2n) is 9.08. The minimum Gasteiger partial charge on any atom is -0.495 e. The second kappa shape index (κ2) is 11.3. The van der Waals surface area contributed by atoms with Crippen LogP contribution in [0.15, 0.2) is 78.0 Å². The Morgan fingerprint density at radius 2 is 1.85 bits per heavy atom. The van der Waals surface area contributed by atoms with Crippen molar-refractivity contribution < 1.29 is 19.0 Å². The number of allylic oxidation sites excluding steroid dienone is 1. The predicted molar refractivity (Wildman–Crippen MR) is 147 cm³/mol. The lowest BCUT2D eigenvalue weighted by molar-refractivity contribution is -0.113. The van der Waals surface area contributed by atoms with Gasteiger partial charge in [-0.3, -0.25) is 4.79 Å². The minimum absolute atomic E-state index is 0.312. The van der Waals surface area contributed by atoms with Gasteiger partial charge in [0.1, 0.15) is 18.4 Å². The molecule has 0 bridgehead atoms. The number of benzene rings is 3. The van der Waals surface area contributed by atoms with E-state index in [1.807, 2.05) is 69.3 Å². The number of aromatic nitrogens is 4. The summed E-state index contributed by atoms with van der Waals surface area (Å²) >= 11 is 0. The summed E-state index contributed by atoms with van der Waals surface area (Å²) in [6.07, 6.45) is 0. The largest absolute Gasteiger partial charge is 0.495 e. The number of tetrazole rings is 1. The van der Waals surface area contributed by atoms with Crippen molar-refractivity contribution in [3.63, 3.8) is 0 Å². The number of amides is 1. The molecule has 0 radical (unpaired) electrons. The predicted octanol–water partition coefficient (Wildman–Crippen LogP) is 4.90. The summed E-state index contributed by atoms with van der Waals surface area (Å²) < 4.78 is 19.1. The minimum atomic E-state index is -0.615. The molecule has 2 N–H and O–H groups in total. The summed E-state index contributed by atoms with van der Waals surface area (Å²) in [5.41, 5.74) is 4.64. The Bertz CT molecular complexity index is 1530. The number of aryl methyl sites for hydroxylation is 1. The Labute approximate surface area is 226 Å². The van der Waals surface area contributed by atoms with Crippen molar-refractivity contribution >= 4 is 17.5 Å². The number of hydrogen-bond acceptors (Lipinski definition) is 8. The zero-order valence-electron chi connectivity index (χ0n) is 22.3. The first-order valence-corrected chi connectivity index (χ1v) is 12.6. The van der Waals surface area contributed by atoms with Crippen LogP contribution < -0.4 is 24.8 Å². The summed E-state index contributed by atoms with van der Waals surface area (Å²) in [6, 6.07) is 20.4. The Kier molecular flexibility index (Phi) is 7.44. The van der Waals surface area contributed by atoms with Gasteiger partial charge < -0.3 is 24.8 Å². The van der Waals surface area contributed by atoms with E-state index < -0.39 is 6.04 Å². The Morgan fingerprint density at radius 3 is 2.64 bits per heavy atom. The van der Waals surface area contributed by atoms with Crippen molar-refractivity contribution in [3.8, 4) is 17.2 Å². The van der Waals surface area contributed by atoms with E-state index in [9.17, 15) is 4.79 Å². The first-order valence-electron chi connectivity index (χ1n) is 12.6. The van der Waals surface area contributed by atoms with E-state index in [1.54, 1.807) is 23.9 Å². The summed E-state index contributed by atoms with van der Waals surface area (Å²) in [5, 5.41) is 18.2. The second-order valence-corrected chi connectivity index (χ2v) is 9.08. The van der Waals surface area contributed by atoms with Crippen LogP contribution in [0.1, 0.15) is 36.6 Å². The van der Waals surface area contributed by atoms with Gasteiger partial charge in [0.15, 0.2) is 11.5 Å². The van der Waals surface area contributed by atoms with Crippen LogP contribution >= 0.6 is 0 Å². The van der Waals surface area contributed by atoms with Crippen LogP contribution in [0, 0.1) is 6.92 Å². The highest BCUT2D eigenvalue weighted by Crippen LogP contribution is 2.39. The van der Waals surface area contributed by atoms with Crippen molar-refractivity contribution in [1.82, 2.24) is 20.2 Å². The quantitative estimate of drug-likeness (QED) is 0.317. The van der Waals surface area contributed by atoms with Gasteiger partial charge in [-0.1, -0.05) is 53.1 Å². The maximum Gasteiger partial charge on any atom is 0.255 e. The SMILES string of the molecule is CCOc1cc(C2C(C(=O)Nc3ccccc3OC)=C(C)Nc3nnnn32)ccc1OCc1cccc(C)c1. The van der Waals surface area contributed by atoms with E-state index in [2.05, 4.69) is 32.2 Å². The molecule has 1 amide bonds. The molecule has 0 fully saturated rings. The lowest BCUT2D eigenvalue weighted by Gasteiger charge is -2.28. The number of methoxy groups -OCH3 is 1. The van der Waals surface area contributed by atoms with Crippen LogP contribution in [0.5, 0.6) is 17.2 Å². The third-order valence-electron chi connectivity index (χ3n) is 6.37. The molecule has 0 saturated heterocycles. The van der Waals surface area contributed by atoms with E-state index >= 15 is 0 Å². The number of nitrogens with zero attached hydrogens (tertiary/aromatic N) is 4. The summed E-state index contributed by atoms with van der Waals surface area (Å²) in [4.78, 5) is 13.7. The van der Waals surface area contributed by atoms with Gasteiger partial charge in [-0.2, -0.15) is 4.68 Å². The molecule has 0 aliphatic carbocycles. The first-order chi connectivity index (χ1) is 19.0. The summed E-state index contributed by atoms with van der Waals surface area (Å²) in [6.45, 7) is 6.63. The molecule has 5 rings (SSSR count). The molecule has 1 unspecified atom stereocenters. The average Bonchev–Trinajstić information content (AvgIpc) is 3.40. The fourth-order valence-electron chi connectivity index (χ4n) is 4.60. The van der Waals surface area contributed by atoms with Gasteiger partial charge in [0.25, 0.3) is 5.91 Å². The number of carbonyl (C=O) groups is 1. The Morgan fingerprint density at radius 1 is 1.00 bits per heavy atom. The fourth-order valence-corrected chi connectivity index (χ4v) is 4.60. The van der Waals surface area contributed by atoms with Gasteiger partial charge in [-0.15, -0.1) is 0 Å². The van der Waals surface area contributed by atoms with Crippen LogP contribution in [0.4, 0.5) is 11.6 Å². The number of fused-ring (bicyclic) bond motifs is 1. The smallest absolute Gasteiger partial charge is 0.255 e. The summed E-state index contributed by atoms with van der Waals surface area (Å²) in [7, 11) is 1.56. The van der Waals surface area contributed by atoms with Gasteiger partial charge in [0, 0.05) is 5.70 Å². The highest BCUT2D eigenvalue weighted by atomic mass is 16.5. The van der Waals surface area contributed by atoms with Gasteiger partial charge in [-0.25, -0.2) is 0 Å². The van der Waals surface area contributed by atoms with E-state index in [4.69, 9.17) is 14.2 Å². The molecule has 200 valence electrons. The molecule has 1 aliphatic heterocycles. The molecule has 10 heteroatoms. The lowest BCUT2D eigenvalue weighted by Crippen LogP contribution is -2.31. The summed E-state index contributed by atoms with van der Waals surface area (Å²) in [5.74, 6) is 1.85. The lowest BCUT2D eigenvalue weighted by atomic mass is 9.94. The molecule has 3 aromatic carbocycles. The van der Waals surface area contributed by atoms with Gasteiger partial charge in [-0.05, 0) is 66.6 Å². The molecule has 4 aromatic rings. The molecular weight excluding hydrogens is 496 g/mol. The molecule has 39 heavy (non-hydrogen) atoms. The number of para-hydroxylation sites is 2. The zero-order valence-corrected chi connectivity index (χ0v) is 22.3. The van der Waals surface area contributed by atoms with Crippen LogP contribution in [0.2, 0.25) is 0 Å². The van der Waals surface area contributed by atoms with Crippen molar-refractivity contribution in [2.24, 2.45) is 0 Å². The maximum absolute atomic E-state index is 13.7. The number of carbonyl (C=O) groups excluding carboxylic acids is 1. The molecule has 0 saturated carbocycles. The van der Waals surface area contributed by atoms with E-state index in [0.717, 1.165) is 11.1 Å². The molecule has 2 heterocycles. The van der Waals surface area contributed by atoms with E-state index in [0.29, 0.717) is 53.4 Å². The first kappa shape index (κ1) is 25.8. The average molecular weight is 527 g/mol. The third-order valence-corrected chi connectivity index (χ3v) is 6.37. The molecule has 1 atom stereocenters. The highest BCUT2D eigenvalue weighted by molar-refractivity contribution is 6.06. The maximum atomic E-state index is 13.7. The van der Waals surface area contributed by atoms with Crippen molar-refractivity contribution in [1.29, 1.82) is 0 Å². The fraction of sp³-hybridized carbons (Fsp3) is 0.241. The Hall–Kier alpha value is -4.86. The highest BCUT2D eigenvalue weighted by Gasteiger charge is 2.35. The molecular formula is C29H30N6O4. The van der Waals surface area contributed by atoms with E-state index in [1.165, 1.54) is 5.56 Å². The number of hydrogen-bond donors (Lipinski definition) is 2. The van der Waals surface area contributed by atoms with Crippen LogP contribution in [0.3, 0.4) is 0 Å². The van der Waals surface area contributed by atoms with Crippen LogP contribution in [-0.4, -0.2) is 39.8 Å². The van der Waals surface area contributed by atoms with Crippen molar-refractivity contribution in [3.05, 3.63) is 94.7 Å². The van der Waals surface area contributed by atoms with Gasteiger partial charge in [0.05, 0.1) is 25.0 Å². The number of rotatable bonds is 9. The van der Waals surface area contributed by atoms with Crippen LogP contribution in [-0.2, 0) is 11.4 Å². The standard InChI is InChI=1S/C29H30N6O4/c1-5-38-25-16-21(13-14-24(25)39-17-20-10-8-9-18(2)15-20)27-26(19(3)30-29-32-33-34-35(27)29)28(36)31-22-11-6-7-12-23(22)37-4/h6-16,27H,5,17H2,1-4H3,(H,31,36)(H,30,32,34). The van der Waals surface area contributed by atoms with Gasteiger partial charge >= 0.3 is 0 Å². The number of nitrogens with one attached hydrogen (secondary N) is 2. The van der Waals surface area contributed by atoms with Crippen molar-refractivity contribution in [2.75, 3.05) is 24.4 Å². The normalized spacial score (nSPS) is 14.3. The zero-order chi connectivity index (χ0) is 27.4.